The fourth-order valence-corrected chi connectivity index (χ4v) is 3.20. The van der Waals surface area contributed by atoms with Gasteiger partial charge >= 0.3 is 0 Å². The van der Waals surface area contributed by atoms with Gasteiger partial charge in [-0.2, -0.15) is 0 Å². The molecule has 1 aliphatic carbocycles. The van der Waals surface area contributed by atoms with Gasteiger partial charge < -0.3 is 5.32 Å². The predicted molar refractivity (Wildman–Crippen MR) is 84.0 cm³/mol. The zero-order chi connectivity index (χ0) is 13.8. The second-order valence-electron chi connectivity index (χ2n) is 6.26. The third-order valence-electron chi connectivity index (χ3n) is 4.53. The Hall–Kier alpha value is -1.09. The number of hydrogen-bond donors (Lipinski definition) is 1. The van der Waals surface area contributed by atoms with E-state index < -0.39 is 0 Å². The summed E-state index contributed by atoms with van der Waals surface area (Å²) in [5.74, 6) is 1.14. The summed E-state index contributed by atoms with van der Waals surface area (Å²) in [6.07, 6.45) is 11.1. The van der Waals surface area contributed by atoms with Crippen LogP contribution in [0.2, 0.25) is 0 Å². The van der Waals surface area contributed by atoms with E-state index in [0.29, 0.717) is 12.1 Å². The minimum absolute atomic E-state index is 0.574. The second kappa shape index (κ2) is 6.57. The third-order valence-corrected chi connectivity index (χ3v) is 4.53. The van der Waals surface area contributed by atoms with Crippen LogP contribution in [-0.2, 0) is 0 Å². The number of rotatable bonds is 6. The van der Waals surface area contributed by atoms with Crippen molar-refractivity contribution in [3.05, 3.63) is 23.9 Å². The SMILES string of the molecule is CCCCN1CCCC[C@H]1c1cccnc1NC1CC1. The number of pyridine rings is 1. The van der Waals surface area contributed by atoms with E-state index in [0.717, 1.165) is 5.82 Å². The summed E-state index contributed by atoms with van der Waals surface area (Å²) in [7, 11) is 0. The van der Waals surface area contributed by atoms with Crippen molar-refractivity contribution in [2.45, 2.75) is 64.0 Å². The van der Waals surface area contributed by atoms with E-state index in [9.17, 15) is 0 Å². The van der Waals surface area contributed by atoms with Gasteiger partial charge in [-0.1, -0.05) is 25.8 Å². The molecule has 1 aliphatic heterocycles. The molecule has 3 nitrogen and oxygen atoms in total. The maximum absolute atomic E-state index is 4.61. The normalized spacial score (nSPS) is 23.8. The van der Waals surface area contributed by atoms with Crippen molar-refractivity contribution in [2.75, 3.05) is 18.4 Å². The Labute approximate surface area is 122 Å². The number of likely N-dealkylation sites (tertiary alicyclic amines) is 1. The van der Waals surface area contributed by atoms with E-state index in [2.05, 4.69) is 34.3 Å². The summed E-state index contributed by atoms with van der Waals surface area (Å²) in [6.45, 7) is 4.77. The van der Waals surface area contributed by atoms with Crippen molar-refractivity contribution in [1.82, 2.24) is 9.88 Å². The van der Waals surface area contributed by atoms with Crippen LogP contribution in [0.5, 0.6) is 0 Å². The van der Waals surface area contributed by atoms with E-state index in [1.165, 1.54) is 63.6 Å². The van der Waals surface area contributed by atoms with Crippen LogP contribution in [-0.4, -0.2) is 29.0 Å². The highest BCUT2D eigenvalue weighted by atomic mass is 15.2. The first-order valence-electron chi connectivity index (χ1n) is 8.34. The Balaban J connectivity index is 1.77. The van der Waals surface area contributed by atoms with Gasteiger partial charge in [0.1, 0.15) is 5.82 Å². The van der Waals surface area contributed by atoms with Gasteiger partial charge in [0.05, 0.1) is 0 Å². The molecule has 1 atom stereocenters. The number of nitrogens with zero attached hydrogens (tertiary/aromatic N) is 2. The zero-order valence-corrected chi connectivity index (χ0v) is 12.6. The van der Waals surface area contributed by atoms with Crippen LogP contribution in [0.25, 0.3) is 0 Å². The maximum atomic E-state index is 4.61. The van der Waals surface area contributed by atoms with Gasteiger partial charge in [0.25, 0.3) is 0 Å². The van der Waals surface area contributed by atoms with Crippen LogP contribution in [0.3, 0.4) is 0 Å². The van der Waals surface area contributed by atoms with Crippen molar-refractivity contribution in [3.8, 4) is 0 Å². The Bertz CT molecular complexity index is 428. The summed E-state index contributed by atoms with van der Waals surface area (Å²) in [5.41, 5.74) is 1.43. The molecule has 2 heterocycles. The van der Waals surface area contributed by atoms with Gasteiger partial charge in [0, 0.05) is 23.8 Å². The summed E-state index contributed by atoms with van der Waals surface area (Å²) in [6, 6.07) is 5.63. The Morgan fingerprint density at radius 3 is 3.00 bits per heavy atom. The highest BCUT2D eigenvalue weighted by Gasteiger charge is 2.28. The van der Waals surface area contributed by atoms with Gasteiger partial charge in [-0.3, -0.25) is 4.90 Å². The standard InChI is InChI=1S/C17H27N3/c1-2-3-12-20-13-5-4-8-16(20)15-7-6-11-18-17(15)19-14-9-10-14/h6-7,11,14,16H,2-5,8-10,12-13H2,1H3,(H,18,19)/t16-/m0/s1. The number of unbranched alkanes of at least 4 members (excludes halogenated alkanes) is 1. The Morgan fingerprint density at radius 2 is 2.20 bits per heavy atom. The van der Waals surface area contributed by atoms with Crippen molar-refractivity contribution >= 4 is 5.82 Å². The molecule has 1 aromatic heterocycles. The molecule has 0 unspecified atom stereocenters. The molecule has 1 N–H and O–H groups in total. The van der Waals surface area contributed by atoms with Gasteiger partial charge in [0.15, 0.2) is 0 Å². The molecule has 0 aromatic carbocycles. The first-order valence-corrected chi connectivity index (χ1v) is 8.34. The van der Waals surface area contributed by atoms with Crippen molar-refractivity contribution in [3.63, 3.8) is 0 Å². The predicted octanol–water partition coefficient (Wildman–Crippen LogP) is 3.98. The molecule has 1 aromatic rings. The molecule has 1 saturated heterocycles. The number of piperidine rings is 1. The molecule has 0 amide bonds. The molecule has 1 saturated carbocycles. The third kappa shape index (κ3) is 3.32. The van der Waals surface area contributed by atoms with Gasteiger partial charge in [-0.25, -0.2) is 4.98 Å². The van der Waals surface area contributed by atoms with Crippen LogP contribution in [0.15, 0.2) is 18.3 Å². The molecule has 2 aliphatic rings. The van der Waals surface area contributed by atoms with Crippen molar-refractivity contribution in [1.29, 1.82) is 0 Å². The van der Waals surface area contributed by atoms with E-state index in [1.807, 2.05) is 6.20 Å². The van der Waals surface area contributed by atoms with E-state index in [-0.39, 0.29) is 0 Å². The maximum Gasteiger partial charge on any atom is 0.130 e. The molecule has 110 valence electrons. The topological polar surface area (TPSA) is 28.2 Å². The van der Waals surface area contributed by atoms with Crippen LogP contribution in [0.4, 0.5) is 5.82 Å². The van der Waals surface area contributed by atoms with Crippen LogP contribution >= 0.6 is 0 Å². The minimum atomic E-state index is 0.574. The minimum Gasteiger partial charge on any atom is -0.367 e. The fourth-order valence-electron chi connectivity index (χ4n) is 3.20. The molecule has 0 spiro atoms. The van der Waals surface area contributed by atoms with Crippen molar-refractivity contribution < 1.29 is 0 Å². The lowest BCUT2D eigenvalue weighted by Crippen LogP contribution is -2.34. The average molecular weight is 273 g/mol. The monoisotopic (exact) mass is 273 g/mol. The second-order valence-corrected chi connectivity index (χ2v) is 6.26. The highest BCUT2D eigenvalue weighted by molar-refractivity contribution is 5.47. The smallest absolute Gasteiger partial charge is 0.130 e. The highest BCUT2D eigenvalue weighted by Crippen LogP contribution is 2.35. The lowest BCUT2D eigenvalue weighted by molar-refractivity contribution is 0.147. The number of nitrogens with one attached hydrogen (secondary N) is 1. The van der Waals surface area contributed by atoms with Gasteiger partial charge in [-0.05, 0) is 51.3 Å². The first kappa shape index (κ1) is 13.9. The average Bonchev–Trinajstić information content (AvgIpc) is 3.30. The number of anilines is 1. The zero-order valence-electron chi connectivity index (χ0n) is 12.6. The van der Waals surface area contributed by atoms with Gasteiger partial charge in [0.2, 0.25) is 0 Å². The molecule has 3 heteroatoms. The summed E-state index contributed by atoms with van der Waals surface area (Å²) in [5, 5.41) is 3.62. The molecule has 3 rings (SSSR count). The Kier molecular flexibility index (Phi) is 4.56. The summed E-state index contributed by atoms with van der Waals surface area (Å²) >= 11 is 0. The number of hydrogen-bond acceptors (Lipinski definition) is 3. The largest absolute Gasteiger partial charge is 0.367 e. The van der Waals surface area contributed by atoms with Crippen LogP contribution < -0.4 is 5.32 Å². The lowest BCUT2D eigenvalue weighted by atomic mass is 9.95. The quantitative estimate of drug-likeness (QED) is 0.849. The van der Waals surface area contributed by atoms with Gasteiger partial charge in [-0.15, -0.1) is 0 Å². The van der Waals surface area contributed by atoms with Crippen LogP contribution in [0, 0.1) is 0 Å². The fraction of sp³-hybridized carbons (Fsp3) is 0.706. The molecular weight excluding hydrogens is 246 g/mol. The molecule has 0 bridgehead atoms. The molecular formula is C17H27N3. The molecule has 2 fully saturated rings. The van der Waals surface area contributed by atoms with E-state index in [4.69, 9.17) is 0 Å². The lowest BCUT2D eigenvalue weighted by Gasteiger charge is -2.36. The Morgan fingerprint density at radius 1 is 1.30 bits per heavy atom. The van der Waals surface area contributed by atoms with Crippen molar-refractivity contribution in [2.24, 2.45) is 0 Å². The summed E-state index contributed by atoms with van der Waals surface area (Å²) < 4.78 is 0. The number of aromatic nitrogens is 1. The molecule has 20 heavy (non-hydrogen) atoms. The van der Waals surface area contributed by atoms with E-state index >= 15 is 0 Å². The van der Waals surface area contributed by atoms with E-state index in [1.54, 1.807) is 0 Å². The molecule has 0 radical (unpaired) electrons. The summed E-state index contributed by atoms with van der Waals surface area (Å²) in [4.78, 5) is 7.29. The first-order chi connectivity index (χ1) is 9.88. The van der Waals surface area contributed by atoms with Crippen LogP contribution in [0.1, 0.15) is 63.5 Å².